The van der Waals surface area contributed by atoms with Crippen molar-refractivity contribution in [2.45, 2.75) is 0 Å². The Morgan fingerprint density at radius 2 is 1.71 bits per heavy atom. The molecular weight excluding hydrogens is 268 g/mol. The lowest BCUT2D eigenvalue weighted by molar-refractivity contribution is 0.0995. The molecule has 0 atom stereocenters. The molecule has 0 radical (unpaired) electrons. The van der Waals surface area contributed by atoms with Gasteiger partial charge in [0.05, 0.1) is 0 Å². The molecule has 0 saturated carbocycles. The van der Waals surface area contributed by atoms with Crippen molar-refractivity contribution >= 4 is 28.3 Å². The molecule has 2 aromatic carbocycles. The lowest BCUT2D eigenvalue weighted by Crippen LogP contribution is -1.92. The van der Waals surface area contributed by atoms with Crippen molar-refractivity contribution in [3.05, 3.63) is 54.1 Å². The molecule has 3 rings (SSSR count). The summed E-state index contributed by atoms with van der Waals surface area (Å²) in [6.45, 7) is 0. The number of azo groups is 1. The fraction of sp³-hybridized carbons (Fsp3) is 0. The molecule has 104 valence electrons. The standard InChI is InChI=1S/C15H12N4O2/c16-13-11-3-1-2-4-12(11)14(17-13)18-19-15(21)9-5-7-10(20)8-6-9/h1-8,17,20H,16H2. The summed E-state index contributed by atoms with van der Waals surface area (Å²) in [5, 5.41) is 18.4. The molecule has 0 unspecified atom stereocenters. The molecule has 6 nitrogen and oxygen atoms in total. The molecule has 0 fully saturated rings. The number of phenolic OH excluding ortho intramolecular Hbond substituents is 1. The lowest BCUT2D eigenvalue weighted by Gasteiger charge is -1.94. The van der Waals surface area contributed by atoms with E-state index >= 15 is 0 Å². The van der Waals surface area contributed by atoms with Crippen LogP contribution in [0.15, 0.2) is 58.8 Å². The van der Waals surface area contributed by atoms with Crippen molar-refractivity contribution < 1.29 is 9.90 Å². The number of anilines is 1. The first-order valence-corrected chi connectivity index (χ1v) is 6.26. The van der Waals surface area contributed by atoms with E-state index in [4.69, 9.17) is 5.73 Å². The molecule has 4 N–H and O–H groups in total. The van der Waals surface area contributed by atoms with Gasteiger partial charge in [-0.05, 0) is 24.3 Å². The summed E-state index contributed by atoms with van der Waals surface area (Å²) in [6.07, 6.45) is 0. The lowest BCUT2D eigenvalue weighted by atomic mass is 10.2. The monoisotopic (exact) mass is 280 g/mol. The van der Waals surface area contributed by atoms with E-state index in [9.17, 15) is 9.90 Å². The van der Waals surface area contributed by atoms with Gasteiger partial charge < -0.3 is 15.8 Å². The average molecular weight is 280 g/mol. The molecule has 1 amide bonds. The molecule has 1 aromatic heterocycles. The zero-order chi connectivity index (χ0) is 14.8. The number of nitrogen functional groups attached to an aromatic ring is 1. The second-order valence-electron chi connectivity index (χ2n) is 4.48. The van der Waals surface area contributed by atoms with E-state index in [0.717, 1.165) is 10.8 Å². The molecule has 0 aliphatic carbocycles. The molecule has 21 heavy (non-hydrogen) atoms. The van der Waals surface area contributed by atoms with Crippen LogP contribution in [0.5, 0.6) is 5.75 Å². The third kappa shape index (κ3) is 2.46. The maximum absolute atomic E-state index is 11.9. The van der Waals surface area contributed by atoms with Crippen LogP contribution in [0.3, 0.4) is 0 Å². The van der Waals surface area contributed by atoms with E-state index in [1.807, 2.05) is 24.3 Å². The van der Waals surface area contributed by atoms with Crippen molar-refractivity contribution in [3.63, 3.8) is 0 Å². The van der Waals surface area contributed by atoms with Gasteiger partial charge in [-0.15, -0.1) is 10.2 Å². The van der Waals surface area contributed by atoms with E-state index in [1.165, 1.54) is 24.3 Å². The number of amides is 1. The van der Waals surface area contributed by atoms with Gasteiger partial charge in [0.2, 0.25) is 0 Å². The molecule has 1 heterocycles. The highest BCUT2D eigenvalue weighted by Crippen LogP contribution is 2.30. The smallest absolute Gasteiger partial charge is 0.295 e. The molecule has 0 aliphatic rings. The number of nitrogens with one attached hydrogen (secondary N) is 1. The number of aromatic hydroxyl groups is 1. The van der Waals surface area contributed by atoms with Crippen LogP contribution >= 0.6 is 0 Å². The number of nitrogens with zero attached hydrogens (tertiary/aromatic N) is 2. The number of hydrogen-bond acceptors (Lipinski definition) is 4. The minimum atomic E-state index is -0.493. The molecule has 0 bridgehead atoms. The number of aromatic nitrogens is 1. The van der Waals surface area contributed by atoms with Crippen LogP contribution in [0, 0.1) is 0 Å². The Bertz CT molecular complexity index is 835. The number of nitrogens with two attached hydrogens (primary N) is 1. The molecule has 0 saturated heterocycles. The number of fused-ring (bicyclic) bond motifs is 1. The van der Waals surface area contributed by atoms with E-state index in [-0.39, 0.29) is 5.75 Å². The first-order chi connectivity index (χ1) is 10.1. The zero-order valence-corrected chi connectivity index (χ0v) is 10.9. The predicted octanol–water partition coefficient (Wildman–Crippen LogP) is 3.38. The summed E-state index contributed by atoms with van der Waals surface area (Å²) < 4.78 is 0. The van der Waals surface area contributed by atoms with Crippen LogP contribution < -0.4 is 5.73 Å². The second-order valence-corrected chi connectivity index (χ2v) is 4.48. The molecular formula is C15H12N4O2. The Morgan fingerprint density at radius 3 is 2.43 bits per heavy atom. The highest BCUT2D eigenvalue weighted by Gasteiger charge is 2.08. The summed E-state index contributed by atoms with van der Waals surface area (Å²) in [5.41, 5.74) is 6.19. The second kappa shape index (κ2) is 5.09. The SMILES string of the molecule is Nc1[nH]c(N=NC(=O)c2ccc(O)cc2)c2ccccc12. The number of hydrogen-bond donors (Lipinski definition) is 3. The predicted molar refractivity (Wildman–Crippen MR) is 79.7 cm³/mol. The first kappa shape index (κ1) is 12.9. The molecule has 0 aliphatic heterocycles. The summed E-state index contributed by atoms with van der Waals surface area (Å²) in [6, 6.07) is 13.3. The van der Waals surface area contributed by atoms with Gasteiger partial charge in [0.25, 0.3) is 5.91 Å². The Kier molecular flexibility index (Phi) is 3.12. The summed E-state index contributed by atoms with van der Waals surface area (Å²) in [5.74, 6) is 0.519. The van der Waals surface area contributed by atoms with Crippen molar-refractivity contribution in [3.8, 4) is 5.75 Å². The fourth-order valence-corrected chi connectivity index (χ4v) is 2.02. The zero-order valence-electron chi connectivity index (χ0n) is 10.9. The summed E-state index contributed by atoms with van der Waals surface area (Å²) >= 11 is 0. The van der Waals surface area contributed by atoms with Gasteiger partial charge in [0.1, 0.15) is 11.6 Å². The number of aromatic amines is 1. The highest BCUT2D eigenvalue weighted by atomic mass is 16.3. The quantitative estimate of drug-likeness (QED) is 0.627. The van der Waals surface area contributed by atoms with Gasteiger partial charge in [-0.3, -0.25) is 4.79 Å². The van der Waals surface area contributed by atoms with Gasteiger partial charge in [-0.1, -0.05) is 24.3 Å². The van der Waals surface area contributed by atoms with E-state index in [0.29, 0.717) is 17.2 Å². The van der Waals surface area contributed by atoms with E-state index in [2.05, 4.69) is 15.2 Å². The van der Waals surface area contributed by atoms with Crippen LogP contribution in [-0.2, 0) is 0 Å². The van der Waals surface area contributed by atoms with Crippen molar-refractivity contribution in [2.24, 2.45) is 10.2 Å². The van der Waals surface area contributed by atoms with Crippen molar-refractivity contribution in [1.82, 2.24) is 4.98 Å². The maximum atomic E-state index is 11.9. The summed E-state index contributed by atoms with van der Waals surface area (Å²) in [7, 11) is 0. The van der Waals surface area contributed by atoms with Crippen molar-refractivity contribution in [1.29, 1.82) is 0 Å². The topological polar surface area (TPSA) is 104 Å². The highest BCUT2D eigenvalue weighted by molar-refractivity contribution is 6.00. The number of H-pyrrole nitrogens is 1. The van der Waals surface area contributed by atoms with Gasteiger partial charge >= 0.3 is 0 Å². The number of benzene rings is 2. The van der Waals surface area contributed by atoms with Gasteiger partial charge in [0, 0.05) is 16.3 Å². The number of carbonyl (C=O) groups is 1. The van der Waals surface area contributed by atoms with Crippen LogP contribution in [0.2, 0.25) is 0 Å². The Hall–Kier alpha value is -3.15. The third-order valence-corrected chi connectivity index (χ3v) is 3.08. The van der Waals surface area contributed by atoms with Crippen molar-refractivity contribution in [2.75, 3.05) is 5.73 Å². The van der Waals surface area contributed by atoms with Gasteiger partial charge in [0.15, 0.2) is 5.82 Å². The van der Waals surface area contributed by atoms with Gasteiger partial charge in [-0.25, -0.2) is 0 Å². The maximum Gasteiger partial charge on any atom is 0.295 e. The van der Waals surface area contributed by atoms with E-state index in [1.54, 1.807) is 0 Å². The molecule has 6 heteroatoms. The minimum Gasteiger partial charge on any atom is -0.508 e. The Balaban J connectivity index is 1.91. The number of phenols is 1. The number of rotatable bonds is 2. The Labute approximate surface area is 119 Å². The van der Waals surface area contributed by atoms with Crippen LogP contribution in [0.1, 0.15) is 10.4 Å². The van der Waals surface area contributed by atoms with Gasteiger partial charge in [-0.2, -0.15) is 0 Å². The largest absolute Gasteiger partial charge is 0.508 e. The molecule has 0 spiro atoms. The minimum absolute atomic E-state index is 0.0895. The third-order valence-electron chi connectivity index (χ3n) is 3.08. The van der Waals surface area contributed by atoms with E-state index < -0.39 is 5.91 Å². The number of carbonyl (C=O) groups excluding carboxylic acids is 1. The van der Waals surface area contributed by atoms with Crippen LogP contribution in [0.25, 0.3) is 10.8 Å². The van der Waals surface area contributed by atoms with Crippen LogP contribution in [-0.4, -0.2) is 16.0 Å². The van der Waals surface area contributed by atoms with Crippen LogP contribution in [0.4, 0.5) is 11.6 Å². The average Bonchev–Trinajstić information content (AvgIpc) is 2.83. The first-order valence-electron chi connectivity index (χ1n) is 6.26. The molecule has 3 aromatic rings. The Morgan fingerprint density at radius 1 is 1.05 bits per heavy atom. The normalized spacial score (nSPS) is 11.2. The summed E-state index contributed by atoms with van der Waals surface area (Å²) in [4.78, 5) is 14.8. The fourth-order valence-electron chi connectivity index (χ4n) is 2.02.